The highest BCUT2D eigenvalue weighted by Crippen LogP contribution is 2.09. The fourth-order valence-electron chi connectivity index (χ4n) is 1.10. The van der Waals surface area contributed by atoms with Crippen LogP contribution in [0.5, 0.6) is 0 Å². The first-order valence-corrected chi connectivity index (χ1v) is 5.37. The zero-order valence-corrected chi connectivity index (χ0v) is 9.65. The molecule has 0 saturated heterocycles. The third kappa shape index (κ3) is 4.97. The average Bonchev–Trinajstić information content (AvgIpc) is 2.18. The predicted octanol–water partition coefficient (Wildman–Crippen LogP) is 1.09. The SMILES string of the molecule is CCCCOC(=O)NC(O)(CCC)C(=O)O. The molecule has 0 aliphatic heterocycles. The summed E-state index contributed by atoms with van der Waals surface area (Å²) in [5, 5.41) is 20.3. The van der Waals surface area contributed by atoms with Crippen LogP contribution in [0.4, 0.5) is 4.79 Å². The van der Waals surface area contributed by atoms with E-state index in [-0.39, 0.29) is 13.0 Å². The van der Waals surface area contributed by atoms with E-state index in [1.807, 2.05) is 12.2 Å². The molecular formula is C10H19NO5. The van der Waals surface area contributed by atoms with Crippen molar-refractivity contribution >= 4 is 12.1 Å². The lowest BCUT2D eigenvalue weighted by Crippen LogP contribution is -2.54. The minimum atomic E-state index is -2.24. The number of hydrogen-bond donors (Lipinski definition) is 3. The molecule has 0 heterocycles. The molecule has 1 amide bonds. The number of carbonyl (C=O) groups is 2. The van der Waals surface area contributed by atoms with E-state index in [4.69, 9.17) is 9.84 Å². The molecule has 0 saturated carbocycles. The van der Waals surface area contributed by atoms with Crippen LogP contribution in [0.15, 0.2) is 0 Å². The molecule has 1 atom stereocenters. The molecule has 6 heteroatoms. The van der Waals surface area contributed by atoms with Crippen LogP contribution < -0.4 is 5.32 Å². The summed E-state index contributed by atoms with van der Waals surface area (Å²) in [5.41, 5.74) is -2.24. The molecule has 3 N–H and O–H groups in total. The van der Waals surface area contributed by atoms with Crippen molar-refractivity contribution in [2.45, 2.75) is 45.3 Å². The lowest BCUT2D eigenvalue weighted by atomic mass is 10.1. The Bertz CT molecular complexity index is 243. The summed E-state index contributed by atoms with van der Waals surface area (Å²) in [5.74, 6) is -1.48. The molecule has 94 valence electrons. The monoisotopic (exact) mass is 233 g/mol. The van der Waals surface area contributed by atoms with Crippen molar-refractivity contribution in [3.63, 3.8) is 0 Å². The van der Waals surface area contributed by atoms with Gasteiger partial charge in [-0.15, -0.1) is 0 Å². The Morgan fingerprint density at radius 3 is 2.38 bits per heavy atom. The van der Waals surface area contributed by atoms with Crippen molar-refractivity contribution in [1.29, 1.82) is 0 Å². The lowest BCUT2D eigenvalue weighted by Gasteiger charge is -2.23. The Balaban J connectivity index is 4.19. The van der Waals surface area contributed by atoms with Crippen LogP contribution in [-0.2, 0) is 9.53 Å². The molecule has 0 spiro atoms. The van der Waals surface area contributed by atoms with Gasteiger partial charge in [0.05, 0.1) is 6.61 Å². The summed E-state index contributed by atoms with van der Waals surface area (Å²) in [6.07, 6.45) is 1.02. The van der Waals surface area contributed by atoms with Crippen LogP contribution in [0.25, 0.3) is 0 Å². The van der Waals surface area contributed by atoms with Gasteiger partial charge in [-0.1, -0.05) is 26.7 Å². The van der Waals surface area contributed by atoms with Gasteiger partial charge in [0.15, 0.2) is 0 Å². The van der Waals surface area contributed by atoms with Gasteiger partial charge in [-0.05, 0) is 6.42 Å². The molecule has 1 unspecified atom stereocenters. The zero-order chi connectivity index (χ0) is 12.6. The normalized spacial score (nSPS) is 13.9. The van der Waals surface area contributed by atoms with Crippen molar-refractivity contribution in [1.82, 2.24) is 5.32 Å². The summed E-state index contributed by atoms with van der Waals surface area (Å²) >= 11 is 0. The number of carbonyl (C=O) groups excluding carboxylic acids is 1. The number of carboxylic acids is 1. The van der Waals surface area contributed by atoms with Crippen molar-refractivity contribution in [3.05, 3.63) is 0 Å². The quantitative estimate of drug-likeness (QED) is 0.452. The molecule has 0 aromatic rings. The first-order chi connectivity index (χ1) is 7.46. The van der Waals surface area contributed by atoms with Gasteiger partial charge in [-0.3, -0.25) is 5.32 Å². The number of rotatable bonds is 7. The van der Waals surface area contributed by atoms with E-state index in [2.05, 4.69) is 0 Å². The molecule has 0 aliphatic rings. The Morgan fingerprint density at radius 1 is 1.31 bits per heavy atom. The fourth-order valence-corrected chi connectivity index (χ4v) is 1.10. The van der Waals surface area contributed by atoms with Gasteiger partial charge in [0.2, 0.25) is 5.72 Å². The number of hydrogen-bond acceptors (Lipinski definition) is 4. The van der Waals surface area contributed by atoms with Gasteiger partial charge < -0.3 is 14.9 Å². The minimum Gasteiger partial charge on any atom is -0.478 e. The number of alkyl carbamates (subject to hydrolysis) is 1. The largest absolute Gasteiger partial charge is 0.478 e. The van der Waals surface area contributed by atoms with E-state index < -0.39 is 17.8 Å². The van der Waals surface area contributed by atoms with Gasteiger partial charge in [0.1, 0.15) is 0 Å². The standard InChI is InChI=1S/C10H19NO5/c1-3-5-7-16-9(14)11-10(15,6-4-2)8(12)13/h15H,3-7H2,1-2H3,(H,11,14)(H,12,13). The molecule has 0 rings (SSSR count). The Morgan fingerprint density at radius 2 is 1.94 bits per heavy atom. The average molecular weight is 233 g/mol. The van der Waals surface area contributed by atoms with Gasteiger partial charge in [0.25, 0.3) is 0 Å². The summed E-state index contributed by atoms with van der Waals surface area (Å²) in [6.45, 7) is 3.86. The van der Waals surface area contributed by atoms with Crippen molar-refractivity contribution < 1.29 is 24.5 Å². The van der Waals surface area contributed by atoms with Gasteiger partial charge in [-0.25, -0.2) is 9.59 Å². The first kappa shape index (κ1) is 14.7. The van der Waals surface area contributed by atoms with E-state index >= 15 is 0 Å². The second kappa shape index (κ2) is 7.05. The molecule has 6 nitrogen and oxygen atoms in total. The van der Waals surface area contributed by atoms with E-state index in [9.17, 15) is 14.7 Å². The zero-order valence-electron chi connectivity index (χ0n) is 9.65. The molecule has 0 aromatic heterocycles. The van der Waals surface area contributed by atoms with Gasteiger partial charge in [0, 0.05) is 6.42 Å². The van der Waals surface area contributed by atoms with Crippen molar-refractivity contribution in [2.75, 3.05) is 6.61 Å². The van der Waals surface area contributed by atoms with Crippen molar-refractivity contribution in [2.24, 2.45) is 0 Å². The number of amides is 1. The second-order valence-electron chi connectivity index (χ2n) is 3.53. The van der Waals surface area contributed by atoms with Crippen LogP contribution >= 0.6 is 0 Å². The number of aliphatic hydroxyl groups is 1. The molecule has 0 aromatic carbocycles. The van der Waals surface area contributed by atoms with E-state index in [1.165, 1.54) is 0 Å². The summed E-state index contributed by atoms with van der Waals surface area (Å²) in [7, 11) is 0. The highest BCUT2D eigenvalue weighted by Gasteiger charge is 2.37. The third-order valence-electron chi connectivity index (χ3n) is 2.01. The van der Waals surface area contributed by atoms with Gasteiger partial charge >= 0.3 is 12.1 Å². The van der Waals surface area contributed by atoms with Crippen LogP contribution in [0.3, 0.4) is 0 Å². The topological polar surface area (TPSA) is 95.9 Å². The number of ether oxygens (including phenoxy) is 1. The highest BCUT2D eigenvalue weighted by molar-refractivity contribution is 5.82. The van der Waals surface area contributed by atoms with Crippen molar-refractivity contribution in [3.8, 4) is 0 Å². The van der Waals surface area contributed by atoms with E-state index in [0.717, 1.165) is 6.42 Å². The molecule has 0 aliphatic carbocycles. The lowest BCUT2D eigenvalue weighted by molar-refractivity contribution is -0.162. The number of carboxylic acid groups (broad SMARTS) is 1. The predicted molar refractivity (Wildman–Crippen MR) is 56.9 cm³/mol. The summed E-state index contributed by atoms with van der Waals surface area (Å²) in [6, 6.07) is 0. The highest BCUT2D eigenvalue weighted by atomic mass is 16.6. The Labute approximate surface area is 94.6 Å². The maximum absolute atomic E-state index is 11.2. The molecule has 0 bridgehead atoms. The Kier molecular flexibility index (Phi) is 6.48. The van der Waals surface area contributed by atoms with Crippen LogP contribution in [0.1, 0.15) is 39.5 Å². The maximum atomic E-state index is 11.2. The molecule has 16 heavy (non-hydrogen) atoms. The molecule has 0 fully saturated rings. The number of nitrogens with one attached hydrogen (secondary N) is 1. The Hall–Kier alpha value is -1.30. The van der Waals surface area contributed by atoms with E-state index in [1.54, 1.807) is 6.92 Å². The second-order valence-corrected chi connectivity index (χ2v) is 3.53. The molecular weight excluding hydrogens is 214 g/mol. The van der Waals surface area contributed by atoms with Crippen LogP contribution in [0.2, 0.25) is 0 Å². The fraction of sp³-hybridized carbons (Fsp3) is 0.800. The summed E-state index contributed by atoms with van der Waals surface area (Å²) < 4.78 is 4.70. The number of unbranched alkanes of at least 4 members (excludes halogenated alkanes) is 1. The van der Waals surface area contributed by atoms with Crippen LogP contribution in [0, 0.1) is 0 Å². The van der Waals surface area contributed by atoms with Gasteiger partial charge in [-0.2, -0.15) is 0 Å². The summed E-state index contributed by atoms with van der Waals surface area (Å²) in [4.78, 5) is 21.9. The maximum Gasteiger partial charge on any atom is 0.409 e. The third-order valence-corrected chi connectivity index (χ3v) is 2.01. The first-order valence-electron chi connectivity index (χ1n) is 5.37. The van der Waals surface area contributed by atoms with Crippen LogP contribution in [-0.4, -0.2) is 34.6 Å². The smallest absolute Gasteiger partial charge is 0.409 e. The van der Waals surface area contributed by atoms with E-state index in [0.29, 0.717) is 12.8 Å². The molecule has 0 radical (unpaired) electrons. The number of aliphatic carboxylic acids is 1. The minimum absolute atomic E-state index is 0.0643.